The molecule has 0 spiro atoms. The van der Waals surface area contributed by atoms with Crippen molar-refractivity contribution < 1.29 is 41.1 Å². The molecule has 1 atom stereocenters. The Labute approximate surface area is 208 Å². The molecule has 1 aliphatic heterocycles. The van der Waals surface area contributed by atoms with Crippen LogP contribution in [0.2, 0.25) is 0 Å². The number of hydrogen-bond acceptors (Lipinski definition) is 4. The van der Waals surface area contributed by atoms with Crippen LogP contribution in [0.1, 0.15) is 52.7 Å². The first-order valence-corrected chi connectivity index (χ1v) is 11.5. The lowest BCUT2D eigenvalue weighted by molar-refractivity contribution is -0.168. The smallest absolute Gasteiger partial charge is 0.272 e. The third kappa shape index (κ3) is 4.56. The molecule has 2 aromatic rings. The summed E-state index contributed by atoms with van der Waals surface area (Å²) >= 11 is 0. The van der Waals surface area contributed by atoms with Crippen molar-refractivity contribution in [1.82, 2.24) is 15.2 Å². The number of likely N-dealkylation sites (N-methyl/N-ethyl adjacent to an activating group) is 1. The Morgan fingerprint density at radius 1 is 1.11 bits per heavy atom. The predicted octanol–water partition coefficient (Wildman–Crippen LogP) is 3.13. The first kappa shape index (κ1) is 26.6. The number of alkyl halides is 2. The van der Waals surface area contributed by atoms with Crippen molar-refractivity contribution in [3.8, 4) is 0 Å². The van der Waals surface area contributed by atoms with Gasteiger partial charge in [-0.15, -0.1) is 0 Å². The van der Waals surface area contributed by atoms with Gasteiger partial charge < -0.3 is 25.3 Å². The highest BCUT2D eigenvalue weighted by molar-refractivity contribution is 6.05. The Bertz CT molecular complexity index is 1260. The second-order valence-corrected chi connectivity index (χ2v) is 9.27. The maximum absolute atomic E-state index is 13.7. The number of hydrogen-bond donors (Lipinski definition) is 3. The Hall–Kier alpha value is -3.48. The fourth-order valence-corrected chi connectivity index (χ4v) is 5.24. The molecule has 1 unspecified atom stereocenters. The quantitative estimate of drug-likeness (QED) is 0.380. The van der Waals surface area contributed by atoms with E-state index in [9.17, 15) is 36.3 Å². The van der Waals surface area contributed by atoms with Crippen LogP contribution in [0.15, 0.2) is 12.1 Å². The average Bonchev–Trinajstić information content (AvgIpc) is 3.36. The van der Waals surface area contributed by atoms with Crippen LogP contribution in [0.3, 0.4) is 0 Å². The summed E-state index contributed by atoms with van der Waals surface area (Å²) in [6.07, 6.45) is -1.98. The van der Waals surface area contributed by atoms with Crippen molar-refractivity contribution in [2.45, 2.75) is 56.7 Å². The highest BCUT2D eigenvalue weighted by Crippen LogP contribution is 2.46. The summed E-state index contributed by atoms with van der Waals surface area (Å²) < 4.78 is 75.0. The summed E-state index contributed by atoms with van der Waals surface area (Å²) in [5.74, 6) is -10.1. The number of anilines is 1. The van der Waals surface area contributed by atoms with Gasteiger partial charge in [-0.2, -0.15) is 0 Å². The zero-order chi connectivity index (χ0) is 27.3. The molecule has 1 aromatic carbocycles. The molecule has 2 aliphatic rings. The van der Waals surface area contributed by atoms with Gasteiger partial charge in [-0.3, -0.25) is 14.4 Å². The van der Waals surface area contributed by atoms with Crippen LogP contribution in [0.25, 0.3) is 0 Å². The minimum Gasteiger partial charge on any atom is -0.367 e. The van der Waals surface area contributed by atoms with Crippen LogP contribution in [0, 0.1) is 24.4 Å². The van der Waals surface area contributed by atoms with Crippen molar-refractivity contribution in [3.05, 3.63) is 52.1 Å². The number of carbonyl (C=O) groups excluding carboxylic acids is 3. The van der Waals surface area contributed by atoms with Crippen molar-refractivity contribution in [2.75, 3.05) is 19.5 Å². The summed E-state index contributed by atoms with van der Waals surface area (Å²) in [7, 11) is 2.50. The van der Waals surface area contributed by atoms with E-state index < -0.39 is 65.6 Å². The minimum atomic E-state index is -3.11. The standard InChI is InChI=1S/C24H25F5N4O4/c1-11-16(19(37-3)21(35)32-23(22(36)30-2)9-24(28,29)10-23)15-5-4-6-33(15)18(11)20(34)31-12-7-13(25)17(27)14(26)8-12/h7-8,19H,4-6,9-10H2,1-3H3,(H,30,36)(H,31,34)(H,32,35). The lowest BCUT2D eigenvalue weighted by Crippen LogP contribution is -2.69. The van der Waals surface area contributed by atoms with Crippen LogP contribution in [-0.4, -0.2) is 47.9 Å². The zero-order valence-corrected chi connectivity index (χ0v) is 20.2. The fourth-order valence-electron chi connectivity index (χ4n) is 5.24. The van der Waals surface area contributed by atoms with Crippen LogP contribution in [0.4, 0.5) is 27.6 Å². The molecular formula is C24H25F5N4O4. The minimum absolute atomic E-state index is 0.0960. The molecule has 3 N–H and O–H groups in total. The van der Waals surface area contributed by atoms with Crippen molar-refractivity contribution >= 4 is 23.4 Å². The summed E-state index contributed by atoms with van der Waals surface area (Å²) in [5, 5.41) is 7.05. The molecule has 1 aliphatic carbocycles. The van der Waals surface area contributed by atoms with E-state index in [1.165, 1.54) is 14.2 Å². The number of amides is 3. The largest absolute Gasteiger partial charge is 0.367 e. The van der Waals surface area contributed by atoms with Gasteiger partial charge in [0, 0.05) is 62.6 Å². The van der Waals surface area contributed by atoms with Gasteiger partial charge in [-0.25, -0.2) is 22.0 Å². The average molecular weight is 528 g/mol. The third-order valence-corrected chi connectivity index (χ3v) is 6.80. The van der Waals surface area contributed by atoms with E-state index in [-0.39, 0.29) is 11.4 Å². The van der Waals surface area contributed by atoms with Gasteiger partial charge in [0.05, 0.1) is 0 Å². The predicted molar refractivity (Wildman–Crippen MR) is 121 cm³/mol. The highest BCUT2D eigenvalue weighted by atomic mass is 19.3. The SMILES string of the molecule is CNC(=O)C1(NC(=O)C(OC)c2c(C)c(C(=O)Nc3cc(F)c(F)c(F)c3)n3c2CCC3)CC(F)(F)C1. The Balaban J connectivity index is 1.66. The number of halogens is 5. The number of carbonyl (C=O) groups is 3. The molecule has 0 bridgehead atoms. The fraction of sp³-hybridized carbons (Fsp3) is 0.458. The number of ether oxygens (including phenoxy) is 1. The number of benzene rings is 1. The monoisotopic (exact) mass is 528 g/mol. The van der Waals surface area contributed by atoms with E-state index in [0.29, 0.717) is 48.3 Å². The topological polar surface area (TPSA) is 101 Å². The van der Waals surface area contributed by atoms with Gasteiger partial charge in [0.1, 0.15) is 11.2 Å². The highest BCUT2D eigenvalue weighted by Gasteiger charge is 2.62. The number of nitrogens with zero attached hydrogens (tertiary/aromatic N) is 1. The van der Waals surface area contributed by atoms with Crippen LogP contribution in [0.5, 0.6) is 0 Å². The van der Waals surface area contributed by atoms with E-state index in [1.807, 2.05) is 0 Å². The number of nitrogens with one attached hydrogen (secondary N) is 3. The number of methoxy groups -OCH3 is 1. The van der Waals surface area contributed by atoms with E-state index in [4.69, 9.17) is 4.74 Å². The number of aromatic nitrogens is 1. The van der Waals surface area contributed by atoms with Crippen LogP contribution >= 0.6 is 0 Å². The molecule has 3 amide bonds. The molecule has 4 rings (SSSR count). The first-order valence-electron chi connectivity index (χ1n) is 11.5. The van der Waals surface area contributed by atoms with E-state index in [0.717, 1.165) is 0 Å². The van der Waals surface area contributed by atoms with Gasteiger partial charge in [0.15, 0.2) is 23.6 Å². The molecule has 37 heavy (non-hydrogen) atoms. The number of fused-ring (bicyclic) bond motifs is 1. The molecule has 1 saturated carbocycles. The van der Waals surface area contributed by atoms with E-state index >= 15 is 0 Å². The molecule has 8 nitrogen and oxygen atoms in total. The van der Waals surface area contributed by atoms with Gasteiger partial charge in [-0.1, -0.05) is 0 Å². The molecule has 0 saturated heterocycles. The van der Waals surface area contributed by atoms with E-state index in [2.05, 4.69) is 16.0 Å². The molecule has 200 valence electrons. The summed E-state index contributed by atoms with van der Waals surface area (Å²) in [5.41, 5.74) is -0.773. The maximum atomic E-state index is 13.7. The molecule has 1 aromatic heterocycles. The molecule has 0 radical (unpaired) electrons. The number of rotatable bonds is 7. The third-order valence-electron chi connectivity index (χ3n) is 6.80. The van der Waals surface area contributed by atoms with E-state index in [1.54, 1.807) is 11.5 Å². The van der Waals surface area contributed by atoms with Crippen molar-refractivity contribution in [1.29, 1.82) is 0 Å². The van der Waals surface area contributed by atoms with Crippen molar-refractivity contribution in [2.24, 2.45) is 0 Å². The summed E-state index contributed by atoms with van der Waals surface area (Å²) in [6.45, 7) is 1.95. The van der Waals surface area contributed by atoms with Gasteiger partial charge in [0.25, 0.3) is 17.7 Å². The second kappa shape index (κ2) is 9.43. The molecule has 2 heterocycles. The molecule has 13 heteroatoms. The summed E-state index contributed by atoms with van der Waals surface area (Å²) in [4.78, 5) is 38.7. The van der Waals surface area contributed by atoms with Crippen molar-refractivity contribution in [3.63, 3.8) is 0 Å². The molecule has 1 fully saturated rings. The van der Waals surface area contributed by atoms with Gasteiger partial charge in [0.2, 0.25) is 5.91 Å². The first-order chi connectivity index (χ1) is 17.3. The normalized spacial score (nSPS) is 17.9. The Morgan fingerprint density at radius 3 is 2.27 bits per heavy atom. The zero-order valence-electron chi connectivity index (χ0n) is 20.2. The van der Waals surface area contributed by atoms with Gasteiger partial charge in [-0.05, 0) is 25.3 Å². The Morgan fingerprint density at radius 2 is 1.73 bits per heavy atom. The lowest BCUT2D eigenvalue weighted by Gasteiger charge is -2.46. The van der Waals surface area contributed by atoms with Gasteiger partial charge >= 0.3 is 0 Å². The summed E-state index contributed by atoms with van der Waals surface area (Å²) in [6, 6.07) is 1.27. The van der Waals surface area contributed by atoms with Crippen LogP contribution < -0.4 is 16.0 Å². The maximum Gasteiger partial charge on any atom is 0.272 e. The van der Waals surface area contributed by atoms with Crippen LogP contribution in [-0.2, 0) is 27.3 Å². The lowest BCUT2D eigenvalue weighted by atomic mass is 9.72. The Kier molecular flexibility index (Phi) is 6.78. The second-order valence-electron chi connectivity index (χ2n) is 9.27. The molecular weight excluding hydrogens is 503 g/mol.